The number of nitrogens with zero attached hydrogens (tertiary/aromatic N) is 5. The summed E-state index contributed by atoms with van der Waals surface area (Å²) in [5.41, 5.74) is 1.86. The van der Waals surface area contributed by atoms with Crippen molar-refractivity contribution in [3.05, 3.63) is 76.6 Å². The van der Waals surface area contributed by atoms with Crippen molar-refractivity contribution in [2.45, 2.75) is 25.4 Å². The van der Waals surface area contributed by atoms with Gasteiger partial charge in [0.05, 0.1) is 24.5 Å². The molecule has 1 aromatic carbocycles. The maximum absolute atomic E-state index is 13.2. The van der Waals surface area contributed by atoms with E-state index in [0.29, 0.717) is 23.7 Å². The van der Waals surface area contributed by atoms with Crippen LogP contribution in [0.15, 0.2) is 48.8 Å². The number of hydrogen-bond acceptors (Lipinski definition) is 4. The monoisotopic (exact) mass is 385 g/mol. The summed E-state index contributed by atoms with van der Waals surface area (Å²) in [4.78, 5) is 19.1. The Morgan fingerprint density at radius 1 is 1.30 bits per heavy atom. The van der Waals surface area contributed by atoms with E-state index in [1.54, 1.807) is 23.4 Å². The van der Waals surface area contributed by atoms with Gasteiger partial charge in [-0.3, -0.25) is 9.78 Å². The third-order valence-electron chi connectivity index (χ3n) is 4.65. The fraction of sp³-hybridized carbons (Fsp3) is 0.263. The van der Waals surface area contributed by atoms with Crippen molar-refractivity contribution in [1.29, 1.82) is 0 Å². The van der Waals surface area contributed by atoms with E-state index in [4.69, 9.17) is 11.6 Å². The third-order valence-corrected chi connectivity index (χ3v) is 5.00. The average Bonchev–Trinajstić information content (AvgIpc) is 3.34. The van der Waals surface area contributed by atoms with Gasteiger partial charge in [0.1, 0.15) is 5.82 Å². The van der Waals surface area contributed by atoms with Crippen molar-refractivity contribution < 1.29 is 9.18 Å². The Labute approximate surface area is 160 Å². The molecule has 0 radical (unpaired) electrons. The summed E-state index contributed by atoms with van der Waals surface area (Å²) in [5, 5.41) is 8.35. The SMILES string of the molecule is O=C(c1cn(Cc2ccc(F)cc2Cl)nn1)N1CCC[C@H]1c1ccccn1. The van der Waals surface area contributed by atoms with Crippen LogP contribution in [0.5, 0.6) is 0 Å². The molecule has 0 unspecified atom stereocenters. The van der Waals surface area contributed by atoms with Crippen molar-refractivity contribution >= 4 is 17.5 Å². The number of carbonyl (C=O) groups excluding carboxylic acids is 1. The topological polar surface area (TPSA) is 63.9 Å². The first-order valence-electron chi connectivity index (χ1n) is 8.68. The Bertz CT molecular complexity index is 962. The molecule has 27 heavy (non-hydrogen) atoms. The maximum atomic E-state index is 13.2. The lowest BCUT2D eigenvalue weighted by Gasteiger charge is -2.23. The number of benzene rings is 1. The van der Waals surface area contributed by atoms with Gasteiger partial charge in [-0.1, -0.05) is 28.9 Å². The lowest BCUT2D eigenvalue weighted by molar-refractivity contribution is 0.0727. The molecule has 1 saturated heterocycles. The van der Waals surface area contributed by atoms with Gasteiger partial charge < -0.3 is 4.90 Å². The zero-order valence-corrected chi connectivity index (χ0v) is 15.2. The highest BCUT2D eigenvalue weighted by Crippen LogP contribution is 2.31. The minimum absolute atomic E-state index is 0.0459. The summed E-state index contributed by atoms with van der Waals surface area (Å²) in [5.74, 6) is -0.563. The van der Waals surface area contributed by atoms with Crippen LogP contribution in [0.3, 0.4) is 0 Å². The van der Waals surface area contributed by atoms with Crippen molar-refractivity contribution in [2.75, 3.05) is 6.54 Å². The maximum Gasteiger partial charge on any atom is 0.276 e. The van der Waals surface area contributed by atoms with Gasteiger partial charge >= 0.3 is 0 Å². The summed E-state index contributed by atoms with van der Waals surface area (Å²) in [6.07, 6.45) is 5.13. The summed E-state index contributed by atoms with van der Waals surface area (Å²) >= 11 is 6.06. The van der Waals surface area contributed by atoms with Crippen LogP contribution in [-0.2, 0) is 6.54 Å². The van der Waals surface area contributed by atoms with Crippen molar-refractivity contribution in [1.82, 2.24) is 24.9 Å². The van der Waals surface area contributed by atoms with Crippen LogP contribution in [0.1, 0.15) is 40.6 Å². The lowest BCUT2D eigenvalue weighted by Crippen LogP contribution is -2.31. The minimum atomic E-state index is -0.396. The van der Waals surface area contributed by atoms with Gasteiger partial charge in [-0.15, -0.1) is 5.10 Å². The van der Waals surface area contributed by atoms with Crippen molar-refractivity contribution in [2.24, 2.45) is 0 Å². The van der Waals surface area contributed by atoms with E-state index in [-0.39, 0.29) is 17.6 Å². The van der Waals surface area contributed by atoms with E-state index >= 15 is 0 Å². The smallest absolute Gasteiger partial charge is 0.276 e. The molecule has 0 N–H and O–H groups in total. The van der Waals surface area contributed by atoms with Gasteiger partial charge in [-0.25, -0.2) is 9.07 Å². The molecule has 6 nitrogen and oxygen atoms in total. The quantitative estimate of drug-likeness (QED) is 0.689. The van der Waals surface area contributed by atoms with E-state index < -0.39 is 5.82 Å². The van der Waals surface area contributed by atoms with Crippen LogP contribution in [0.25, 0.3) is 0 Å². The lowest BCUT2D eigenvalue weighted by atomic mass is 10.1. The fourth-order valence-corrected chi connectivity index (χ4v) is 3.56. The number of carbonyl (C=O) groups is 1. The first kappa shape index (κ1) is 17.6. The van der Waals surface area contributed by atoms with Gasteiger partial charge in [-0.2, -0.15) is 0 Å². The van der Waals surface area contributed by atoms with E-state index in [1.807, 2.05) is 18.2 Å². The van der Waals surface area contributed by atoms with Gasteiger partial charge in [0.2, 0.25) is 0 Å². The molecule has 1 amide bonds. The molecule has 1 atom stereocenters. The Morgan fingerprint density at radius 2 is 2.19 bits per heavy atom. The number of halogens is 2. The molecule has 0 spiro atoms. The summed E-state index contributed by atoms with van der Waals surface area (Å²) < 4.78 is 14.7. The third kappa shape index (κ3) is 3.68. The number of aromatic nitrogens is 4. The van der Waals surface area contributed by atoms with Gasteiger partial charge in [-0.05, 0) is 42.7 Å². The number of rotatable bonds is 4. The highest BCUT2D eigenvalue weighted by molar-refractivity contribution is 6.31. The van der Waals surface area contributed by atoms with Crippen LogP contribution < -0.4 is 0 Å². The molecule has 3 heterocycles. The minimum Gasteiger partial charge on any atom is -0.329 e. The second-order valence-electron chi connectivity index (χ2n) is 6.45. The Kier molecular flexibility index (Phi) is 4.85. The van der Waals surface area contributed by atoms with Crippen molar-refractivity contribution in [3.63, 3.8) is 0 Å². The van der Waals surface area contributed by atoms with E-state index in [1.165, 1.54) is 16.8 Å². The van der Waals surface area contributed by atoms with E-state index in [9.17, 15) is 9.18 Å². The zero-order chi connectivity index (χ0) is 18.8. The van der Waals surface area contributed by atoms with E-state index in [0.717, 1.165) is 18.5 Å². The van der Waals surface area contributed by atoms with Gasteiger partial charge in [0.15, 0.2) is 5.69 Å². The summed E-state index contributed by atoms with van der Waals surface area (Å²) in [7, 11) is 0. The Morgan fingerprint density at radius 3 is 2.96 bits per heavy atom. The molecule has 138 valence electrons. The number of amides is 1. The molecule has 3 aromatic rings. The average molecular weight is 386 g/mol. The highest BCUT2D eigenvalue weighted by atomic mass is 35.5. The summed E-state index contributed by atoms with van der Waals surface area (Å²) in [6.45, 7) is 0.972. The molecular formula is C19H17ClFN5O. The normalized spacial score (nSPS) is 16.7. The summed E-state index contributed by atoms with van der Waals surface area (Å²) in [6, 6.07) is 9.86. The van der Waals surface area contributed by atoms with Crippen molar-refractivity contribution in [3.8, 4) is 0 Å². The standard InChI is InChI=1S/C19H17ClFN5O/c20-15-10-14(21)7-6-13(15)11-25-12-17(23-24-25)19(27)26-9-3-5-18(26)16-4-1-2-8-22-16/h1-2,4,6-8,10,12,18H,3,5,9,11H2/t18-/m0/s1. The molecule has 8 heteroatoms. The van der Waals surface area contributed by atoms with Gasteiger partial charge in [0, 0.05) is 17.8 Å². The molecule has 2 aromatic heterocycles. The Hall–Kier alpha value is -2.80. The first-order chi connectivity index (χ1) is 13.1. The molecular weight excluding hydrogens is 369 g/mol. The predicted octanol–water partition coefficient (Wildman–Crippen LogP) is 3.49. The van der Waals surface area contributed by atoms with Crippen LogP contribution >= 0.6 is 11.6 Å². The van der Waals surface area contributed by atoms with Crippen LogP contribution in [0, 0.1) is 5.82 Å². The second-order valence-corrected chi connectivity index (χ2v) is 6.86. The molecule has 0 aliphatic carbocycles. The molecule has 1 aliphatic heterocycles. The molecule has 0 bridgehead atoms. The number of likely N-dealkylation sites (tertiary alicyclic amines) is 1. The molecule has 4 rings (SSSR count). The molecule has 1 fully saturated rings. The largest absolute Gasteiger partial charge is 0.329 e. The van der Waals surface area contributed by atoms with E-state index in [2.05, 4.69) is 15.3 Å². The molecule has 1 aliphatic rings. The molecule has 0 saturated carbocycles. The zero-order valence-electron chi connectivity index (χ0n) is 14.4. The second kappa shape index (κ2) is 7.44. The number of pyridine rings is 1. The highest BCUT2D eigenvalue weighted by Gasteiger charge is 2.32. The van der Waals surface area contributed by atoms with Crippen LogP contribution in [0.2, 0.25) is 5.02 Å². The Balaban J connectivity index is 1.51. The van der Waals surface area contributed by atoms with Gasteiger partial charge in [0.25, 0.3) is 5.91 Å². The number of hydrogen-bond donors (Lipinski definition) is 0. The van der Waals surface area contributed by atoms with Crippen LogP contribution in [0.4, 0.5) is 4.39 Å². The van der Waals surface area contributed by atoms with Crippen LogP contribution in [-0.4, -0.2) is 37.3 Å². The first-order valence-corrected chi connectivity index (χ1v) is 9.05. The fourth-order valence-electron chi connectivity index (χ4n) is 3.34. The predicted molar refractivity (Wildman–Crippen MR) is 97.8 cm³/mol.